The second kappa shape index (κ2) is 6.68. The molecule has 0 bridgehead atoms. The lowest BCUT2D eigenvalue weighted by molar-refractivity contribution is -0.384. The predicted octanol–water partition coefficient (Wildman–Crippen LogP) is 4.72. The molecule has 0 atom stereocenters. The maximum Gasteiger partial charge on any atom is 0.271 e. The van der Waals surface area contributed by atoms with E-state index in [1.807, 2.05) is 54.6 Å². The number of H-pyrrole nitrogens is 1. The van der Waals surface area contributed by atoms with Crippen molar-refractivity contribution in [1.29, 1.82) is 0 Å². The summed E-state index contributed by atoms with van der Waals surface area (Å²) >= 11 is 0. The Morgan fingerprint density at radius 3 is 2.50 bits per heavy atom. The van der Waals surface area contributed by atoms with Crippen LogP contribution in [0.15, 0.2) is 72.8 Å². The van der Waals surface area contributed by atoms with E-state index in [1.54, 1.807) is 6.07 Å². The molecule has 0 aliphatic rings. The Balaban J connectivity index is 1.53. The number of aromatic amines is 1. The molecule has 0 fully saturated rings. The van der Waals surface area contributed by atoms with Crippen LogP contribution in [0.4, 0.5) is 5.69 Å². The molecule has 0 spiro atoms. The Hall–Kier alpha value is -3.67. The molecule has 0 saturated carbocycles. The van der Waals surface area contributed by atoms with Crippen LogP contribution in [0.2, 0.25) is 0 Å². The van der Waals surface area contributed by atoms with Crippen LogP contribution in [0.5, 0.6) is 5.75 Å². The van der Waals surface area contributed by atoms with Gasteiger partial charge in [0.15, 0.2) is 0 Å². The van der Waals surface area contributed by atoms with Crippen LogP contribution in [0.1, 0.15) is 5.56 Å². The largest absolute Gasteiger partial charge is 0.489 e. The van der Waals surface area contributed by atoms with Crippen molar-refractivity contribution in [3.63, 3.8) is 0 Å². The summed E-state index contributed by atoms with van der Waals surface area (Å²) in [5.41, 5.74) is 3.36. The van der Waals surface area contributed by atoms with Gasteiger partial charge in [0.1, 0.15) is 18.2 Å². The summed E-state index contributed by atoms with van der Waals surface area (Å²) in [4.78, 5) is 18.1. The molecule has 0 amide bonds. The number of non-ortho nitro benzene ring substituents is 1. The molecule has 1 N–H and O–H groups in total. The number of hydrogen-bond acceptors (Lipinski definition) is 4. The minimum atomic E-state index is -0.418. The van der Waals surface area contributed by atoms with Crippen LogP contribution in [0.3, 0.4) is 0 Å². The first-order chi connectivity index (χ1) is 12.7. The van der Waals surface area contributed by atoms with Gasteiger partial charge in [-0.3, -0.25) is 10.1 Å². The molecule has 0 unspecified atom stereocenters. The van der Waals surface area contributed by atoms with E-state index >= 15 is 0 Å². The van der Waals surface area contributed by atoms with E-state index in [0.29, 0.717) is 23.5 Å². The van der Waals surface area contributed by atoms with Crippen molar-refractivity contribution in [2.75, 3.05) is 0 Å². The molecule has 26 heavy (non-hydrogen) atoms. The molecule has 0 aliphatic carbocycles. The monoisotopic (exact) mass is 345 g/mol. The third-order valence-electron chi connectivity index (χ3n) is 4.05. The van der Waals surface area contributed by atoms with E-state index in [4.69, 9.17) is 4.74 Å². The summed E-state index contributed by atoms with van der Waals surface area (Å²) in [5, 5.41) is 10.9. The average Bonchev–Trinajstić information content (AvgIpc) is 3.11. The summed E-state index contributed by atoms with van der Waals surface area (Å²) < 4.78 is 5.78. The number of benzene rings is 3. The molecule has 128 valence electrons. The minimum absolute atomic E-state index is 0.0392. The number of nitro groups is 1. The zero-order valence-corrected chi connectivity index (χ0v) is 13.8. The van der Waals surface area contributed by atoms with Crippen LogP contribution in [0, 0.1) is 10.1 Å². The quantitative estimate of drug-likeness (QED) is 0.419. The molecule has 0 aliphatic heterocycles. The van der Waals surface area contributed by atoms with Gasteiger partial charge in [-0.2, -0.15) is 0 Å². The Kier molecular flexibility index (Phi) is 4.07. The normalized spacial score (nSPS) is 10.8. The molecule has 0 radical (unpaired) electrons. The zero-order valence-electron chi connectivity index (χ0n) is 13.8. The fourth-order valence-electron chi connectivity index (χ4n) is 2.70. The van der Waals surface area contributed by atoms with Crippen molar-refractivity contribution in [3.8, 4) is 17.1 Å². The Labute approximate surface area is 149 Å². The van der Waals surface area contributed by atoms with E-state index < -0.39 is 4.92 Å². The number of fused-ring (bicyclic) bond motifs is 1. The van der Waals surface area contributed by atoms with Crippen LogP contribution in [-0.4, -0.2) is 14.9 Å². The number of imidazole rings is 1. The summed E-state index contributed by atoms with van der Waals surface area (Å²) in [6.45, 7) is 0.508. The van der Waals surface area contributed by atoms with Crippen molar-refractivity contribution in [2.24, 2.45) is 0 Å². The number of aromatic nitrogens is 2. The highest BCUT2D eigenvalue weighted by Gasteiger charge is 2.10. The van der Waals surface area contributed by atoms with Gasteiger partial charge < -0.3 is 9.72 Å². The van der Waals surface area contributed by atoms with E-state index in [1.165, 1.54) is 12.1 Å². The van der Waals surface area contributed by atoms with Gasteiger partial charge in [0.05, 0.1) is 16.0 Å². The smallest absolute Gasteiger partial charge is 0.271 e. The first-order valence-corrected chi connectivity index (χ1v) is 8.10. The van der Waals surface area contributed by atoms with Gasteiger partial charge in [-0.25, -0.2) is 4.98 Å². The average molecular weight is 345 g/mol. The fraction of sp³-hybridized carbons (Fsp3) is 0.0500. The number of ether oxygens (including phenoxy) is 1. The number of hydrogen-bond donors (Lipinski definition) is 1. The van der Waals surface area contributed by atoms with Crippen LogP contribution in [-0.2, 0) is 6.61 Å². The van der Waals surface area contributed by atoms with E-state index in [0.717, 1.165) is 16.9 Å². The fourth-order valence-corrected chi connectivity index (χ4v) is 2.70. The molecular weight excluding hydrogens is 330 g/mol. The SMILES string of the molecule is O=[N+]([O-])c1ccc2nc(-c3ccc(OCc4ccccc4)cc3)[nH]c2c1. The Morgan fingerprint density at radius 2 is 1.77 bits per heavy atom. The van der Waals surface area contributed by atoms with Crippen molar-refractivity contribution >= 4 is 16.7 Å². The molecule has 4 rings (SSSR count). The highest BCUT2D eigenvalue weighted by atomic mass is 16.6. The minimum Gasteiger partial charge on any atom is -0.489 e. The first-order valence-electron chi connectivity index (χ1n) is 8.10. The van der Waals surface area contributed by atoms with Gasteiger partial charge in [-0.05, 0) is 35.9 Å². The lowest BCUT2D eigenvalue weighted by Gasteiger charge is -2.06. The van der Waals surface area contributed by atoms with Crippen molar-refractivity contribution in [1.82, 2.24) is 9.97 Å². The summed E-state index contributed by atoms with van der Waals surface area (Å²) in [7, 11) is 0. The molecule has 4 aromatic rings. The van der Waals surface area contributed by atoms with Gasteiger partial charge in [-0.15, -0.1) is 0 Å². The maximum absolute atomic E-state index is 10.9. The van der Waals surface area contributed by atoms with Gasteiger partial charge in [0.25, 0.3) is 5.69 Å². The molecular formula is C20H15N3O3. The molecule has 1 heterocycles. The standard InChI is InChI=1S/C20H15N3O3/c24-23(25)16-8-11-18-19(12-16)22-20(21-18)15-6-9-17(10-7-15)26-13-14-4-2-1-3-5-14/h1-12H,13H2,(H,21,22). The van der Waals surface area contributed by atoms with Gasteiger partial charge in [0, 0.05) is 17.7 Å². The van der Waals surface area contributed by atoms with Crippen molar-refractivity contribution in [3.05, 3.63) is 88.5 Å². The Bertz CT molecular complexity index is 1060. The zero-order chi connectivity index (χ0) is 17.9. The molecule has 1 aromatic heterocycles. The number of nitrogens with zero attached hydrogens (tertiary/aromatic N) is 2. The molecule has 6 nitrogen and oxygen atoms in total. The van der Waals surface area contributed by atoms with Gasteiger partial charge in [0.2, 0.25) is 0 Å². The van der Waals surface area contributed by atoms with Gasteiger partial charge >= 0.3 is 0 Å². The van der Waals surface area contributed by atoms with Crippen molar-refractivity contribution in [2.45, 2.75) is 6.61 Å². The predicted molar refractivity (Wildman–Crippen MR) is 99.0 cm³/mol. The van der Waals surface area contributed by atoms with E-state index in [-0.39, 0.29) is 5.69 Å². The lowest BCUT2D eigenvalue weighted by atomic mass is 10.2. The summed E-state index contributed by atoms with van der Waals surface area (Å²) in [6.07, 6.45) is 0. The number of nitro benzene ring substituents is 1. The Morgan fingerprint density at radius 1 is 1.00 bits per heavy atom. The van der Waals surface area contributed by atoms with Crippen LogP contribution >= 0.6 is 0 Å². The lowest BCUT2D eigenvalue weighted by Crippen LogP contribution is -1.94. The highest BCUT2D eigenvalue weighted by Crippen LogP contribution is 2.25. The molecule has 6 heteroatoms. The van der Waals surface area contributed by atoms with Crippen LogP contribution < -0.4 is 4.74 Å². The van der Waals surface area contributed by atoms with E-state index in [9.17, 15) is 10.1 Å². The second-order valence-corrected chi connectivity index (χ2v) is 5.84. The summed E-state index contributed by atoms with van der Waals surface area (Å²) in [6, 6.07) is 22.1. The highest BCUT2D eigenvalue weighted by molar-refractivity contribution is 5.81. The first kappa shape index (κ1) is 15.8. The molecule has 0 saturated heterocycles. The molecule has 3 aromatic carbocycles. The number of nitrogens with one attached hydrogen (secondary N) is 1. The maximum atomic E-state index is 10.9. The number of rotatable bonds is 5. The topological polar surface area (TPSA) is 81.1 Å². The van der Waals surface area contributed by atoms with E-state index in [2.05, 4.69) is 9.97 Å². The van der Waals surface area contributed by atoms with Gasteiger partial charge in [-0.1, -0.05) is 30.3 Å². The third-order valence-corrected chi connectivity index (χ3v) is 4.05. The van der Waals surface area contributed by atoms with Crippen molar-refractivity contribution < 1.29 is 9.66 Å². The summed E-state index contributed by atoms with van der Waals surface area (Å²) in [5.74, 6) is 1.43. The second-order valence-electron chi connectivity index (χ2n) is 5.84. The third kappa shape index (κ3) is 3.25. The van der Waals surface area contributed by atoms with Crippen LogP contribution in [0.25, 0.3) is 22.4 Å².